The van der Waals surface area contributed by atoms with E-state index in [-0.39, 0.29) is 6.04 Å². The molecule has 0 aliphatic carbocycles. The highest BCUT2D eigenvalue weighted by Gasteiger charge is 2.36. The van der Waals surface area contributed by atoms with Crippen molar-refractivity contribution in [2.75, 3.05) is 18.0 Å². The molecule has 0 bridgehead atoms. The third-order valence-corrected chi connectivity index (χ3v) is 3.52. The third kappa shape index (κ3) is 1.84. The van der Waals surface area contributed by atoms with Crippen LogP contribution >= 0.6 is 0 Å². The van der Waals surface area contributed by atoms with Crippen molar-refractivity contribution in [1.82, 2.24) is 5.32 Å². The van der Waals surface area contributed by atoms with E-state index in [1.54, 1.807) is 23.1 Å². The van der Waals surface area contributed by atoms with Gasteiger partial charge in [0.1, 0.15) is 0 Å². The van der Waals surface area contributed by atoms with E-state index in [4.69, 9.17) is 4.74 Å². The lowest BCUT2D eigenvalue weighted by Crippen LogP contribution is -2.48. The average Bonchev–Trinajstić information content (AvgIpc) is 2.40. The van der Waals surface area contributed by atoms with Crippen LogP contribution in [0.3, 0.4) is 0 Å². The van der Waals surface area contributed by atoms with E-state index >= 15 is 0 Å². The maximum Gasteiger partial charge on any atom is 0.417 e. The predicted octanol–water partition coefficient (Wildman–Crippen LogP) is 2.36. The van der Waals surface area contributed by atoms with Crippen LogP contribution in [0.15, 0.2) is 24.3 Å². The molecule has 1 amide bonds. The number of rotatable bonds is 1. The molecule has 1 aromatic carbocycles. The molecule has 0 spiro atoms. The summed E-state index contributed by atoms with van der Waals surface area (Å²) in [5.41, 5.74) is 1.09. The molecule has 0 aromatic heterocycles. The van der Waals surface area contributed by atoms with Crippen molar-refractivity contribution in [2.45, 2.75) is 25.2 Å². The van der Waals surface area contributed by atoms with Gasteiger partial charge in [-0.1, -0.05) is 18.2 Å². The second-order valence-electron chi connectivity index (χ2n) is 4.61. The fourth-order valence-electron chi connectivity index (χ4n) is 2.62. The van der Waals surface area contributed by atoms with Gasteiger partial charge < -0.3 is 10.1 Å². The molecule has 2 heterocycles. The first-order valence-electron chi connectivity index (χ1n) is 6.21. The number of ether oxygens (including phenoxy) is 1. The Labute approximate surface area is 105 Å². The molecule has 1 N–H and O–H groups in total. The lowest BCUT2D eigenvalue weighted by Gasteiger charge is -2.38. The van der Waals surface area contributed by atoms with Crippen LogP contribution in [0.1, 0.15) is 24.8 Å². The number of halogens is 1. The maximum absolute atomic E-state index is 13.7. The minimum Gasteiger partial charge on any atom is -0.410 e. The molecule has 4 nitrogen and oxygen atoms in total. The standard InChI is InChI=1S/C13H15FN2O2/c14-12-10-3-1-2-4-11(10)16(13(17)18-12)9-5-7-15-8-6-9/h1-4,9,12,15H,5-8H2. The van der Waals surface area contributed by atoms with Gasteiger partial charge in [-0.25, -0.2) is 4.79 Å². The van der Waals surface area contributed by atoms with Crippen LogP contribution in [-0.4, -0.2) is 25.2 Å². The number of carbonyl (C=O) groups is 1. The van der Waals surface area contributed by atoms with Crippen molar-refractivity contribution >= 4 is 11.8 Å². The minimum atomic E-state index is -1.65. The van der Waals surface area contributed by atoms with E-state index in [1.165, 1.54) is 0 Å². The SMILES string of the molecule is O=C1OC(F)c2ccccc2N1C1CCNCC1. The molecule has 18 heavy (non-hydrogen) atoms. The Morgan fingerprint density at radius 2 is 2.00 bits per heavy atom. The molecule has 1 saturated heterocycles. The summed E-state index contributed by atoms with van der Waals surface area (Å²) in [6, 6.07) is 7.11. The lowest BCUT2D eigenvalue weighted by atomic mass is 10.0. The van der Waals surface area contributed by atoms with Crippen LogP contribution < -0.4 is 10.2 Å². The van der Waals surface area contributed by atoms with Crippen LogP contribution in [0.4, 0.5) is 14.9 Å². The number of nitrogens with zero attached hydrogens (tertiary/aromatic N) is 1. The molecular weight excluding hydrogens is 235 g/mol. The molecule has 3 rings (SSSR count). The summed E-state index contributed by atoms with van der Waals surface area (Å²) in [4.78, 5) is 13.5. The number of benzene rings is 1. The zero-order valence-electron chi connectivity index (χ0n) is 9.93. The van der Waals surface area contributed by atoms with Crippen molar-refractivity contribution in [3.63, 3.8) is 0 Å². The summed E-state index contributed by atoms with van der Waals surface area (Å²) in [5.74, 6) is 0. The van der Waals surface area contributed by atoms with Gasteiger partial charge in [-0.15, -0.1) is 0 Å². The Morgan fingerprint density at radius 1 is 1.28 bits per heavy atom. The topological polar surface area (TPSA) is 41.6 Å². The van der Waals surface area contributed by atoms with Crippen LogP contribution in [0, 0.1) is 0 Å². The summed E-state index contributed by atoms with van der Waals surface area (Å²) < 4.78 is 18.5. The summed E-state index contributed by atoms with van der Waals surface area (Å²) in [6.45, 7) is 1.74. The first kappa shape index (κ1) is 11.5. The van der Waals surface area contributed by atoms with E-state index in [0.717, 1.165) is 25.9 Å². The quantitative estimate of drug-likeness (QED) is 0.832. The summed E-state index contributed by atoms with van der Waals surface area (Å²) in [7, 11) is 0. The highest BCUT2D eigenvalue weighted by molar-refractivity contribution is 5.91. The number of para-hydroxylation sites is 1. The molecule has 96 valence electrons. The molecule has 1 fully saturated rings. The van der Waals surface area contributed by atoms with Gasteiger partial charge in [0.25, 0.3) is 6.36 Å². The highest BCUT2D eigenvalue weighted by atomic mass is 19.1. The zero-order chi connectivity index (χ0) is 12.5. The lowest BCUT2D eigenvalue weighted by molar-refractivity contribution is 0.00925. The normalized spacial score (nSPS) is 24.6. The number of hydrogen-bond donors (Lipinski definition) is 1. The number of cyclic esters (lactones) is 1. The Morgan fingerprint density at radius 3 is 2.78 bits per heavy atom. The fraction of sp³-hybridized carbons (Fsp3) is 0.462. The number of alkyl halides is 1. The van der Waals surface area contributed by atoms with Crippen molar-refractivity contribution in [3.8, 4) is 0 Å². The van der Waals surface area contributed by atoms with E-state index in [2.05, 4.69) is 5.32 Å². The van der Waals surface area contributed by atoms with Gasteiger partial charge in [0.2, 0.25) is 0 Å². The summed E-state index contributed by atoms with van der Waals surface area (Å²) in [6.07, 6.45) is -0.499. The number of fused-ring (bicyclic) bond motifs is 1. The minimum absolute atomic E-state index is 0.0902. The predicted molar refractivity (Wildman–Crippen MR) is 65.1 cm³/mol. The Bertz CT molecular complexity index is 460. The second-order valence-corrected chi connectivity index (χ2v) is 4.61. The van der Waals surface area contributed by atoms with Crippen LogP contribution in [0.2, 0.25) is 0 Å². The largest absolute Gasteiger partial charge is 0.417 e. The number of anilines is 1. The van der Waals surface area contributed by atoms with E-state index < -0.39 is 12.5 Å². The Hall–Kier alpha value is -1.62. The molecule has 2 aliphatic rings. The summed E-state index contributed by atoms with van der Waals surface area (Å²) >= 11 is 0. The van der Waals surface area contributed by atoms with Gasteiger partial charge in [0.15, 0.2) is 0 Å². The number of nitrogens with one attached hydrogen (secondary N) is 1. The average molecular weight is 250 g/mol. The highest BCUT2D eigenvalue weighted by Crippen LogP contribution is 2.37. The molecule has 1 unspecified atom stereocenters. The second kappa shape index (κ2) is 4.57. The third-order valence-electron chi connectivity index (χ3n) is 3.52. The molecule has 1 aromatic rings. The monoisotopic (exact) mass is 250 g/mol. The van der Waals surface area contributed by atoms with Crippen LogP contribution in [0.25, 0.3) is 0 Å². The fourth-order valence-corrected chi connectivity index (χ4v) is 2.62. The number of amides is 1. The van der Waals surface area contributed by atoms with E-state index in [0.29, 0.717) is 11.3 Å². The molecule has 5 heteroatoms. The molecule has 0 radical (unpaired) electrons. The van der Waals surface area contributed by atoms with Crippen molar-refractivity contribution < 1.29 is 13.9 Å². The number of hydrogen-bond acceptors (Lipinski definition) is 3. The Balaban J connectivity index is 1.97. The smallest absolute Gasteiger partial charge is 0.410 e. The van der Waals surface area contributed by atoms with Crippen LogP contribution in [-0.2, 0) is 4.74 Å². The van der Waals surface area contributed by atoms with E-state index in [1.807, 2.05) is 6.07 Å². The van der Waals surface area contributed by atoms with Crippen molar-refractivity contribution in [2.24, 2.45) is 0 Å². The maximum atomic E-state index is 13.7. The summed E-state index contributed by atoms with van der Waals surface area (Å²) in [5, 5.41) is 3.25. The number of piperidine rings is 1. The van der Waals surface area contributed by atoms with Crippen molar-refractivity contribution in [3.05, 3.63) is 29.8 Å². The number of carbonyl (C=O) groups excluding carboxylic acids is 1. The first-order chi connectivity index (χ1) is 8.77. The molecular formula is C13H15FN2O2. The van der Waals surface area contributed by atoms with Gasteiger partial charge in [-0.2, -0.15) is 4.39 Å². The zero-order valence-corrected chi connectivity index (χ0v) is 9.93. The first-order valence-corrected chi connectivity index (χ1v) is 6.21. The molecule has 2 aliphatic heterocycles. The van der Waals surface area contributed by atoms with Gasteiger partial charge in [0, 0.05) is 11.6 Å². The van der Waals surface area contributed by atoms with Crippen molar-refractivity contribution in [1.29, 1.82) is 0 Å². The van der Waals surface area contributed by atoms with Gasteiger partial charge in [-0.05, 0) is 32.0 Å². The van der Waals surface area contributed by atoms with Crippen LogP contribution in [0.5, 0.6) is 0 Å². The van der Waals surface area contributed by atoms with E-state index in [9.17, 15) is 9.18 Å². The van der Waals surface area contributed by atoms with Gasteiger partial charge in [-0.3, -0.25) is 4.90 Å². The van der Waals surface area contributed by atoms with Gasteiger partial charge in [0.05, 0.1) is 5.69 Å². The molecule has 1 atom stereocenters. The Kier molecular flexibility index (Phi) is 2.91. The molecule has 0 saturated carbocycles. The van der Waals surface area contributed by atoms with Gasteiger partial charge >= 0.3 is 6.09 Å².